The number of carbonyl (C=O) groups excluding carboxylic acids is 1. The Kier molecular flexibility index (Phi) is 3.67. The van der Waals surface area contributed by atoms with Gasteiger partial charge in [0.25, 0.3) is 0 Å². The van der Waals surface area contributed by atoms with Crippen molar-refractivity contribution in [2.45, 2.75) is 19.3 Å². The summed E-state index contributed by atoms with van der Waals surface area (Å²) in [5.74, 6) is -0.447. The van der Waals surface area contributed by atoms with Crippen LogP contribution < -0.4 is 5.56 Å². The van der Waals surface area contributed by atoms with Crippen LogP contribution >= 0.6 is 0 Å². The van der Waals surface area contributed by atoms with Gasteiger partial charge in [-0.25, -0.2) is 0 Å². The normalized spacial score (nSPS) is 20.5. The molecular formula is C12H10N6O5. The first-order chi connectivity index (χ1) is 11.0. The van der Waals surface area contributed by atoms with Crippen molar-refractivity contribution >= 4 is 17.0 Å². The van der Waals surface area contributed by atoms with E-state index >= 15 is 0 Å². The first kappa shape index (κ1) is 14.9. The van der Waals surface area contributed by atoms with E-state index in [1.165, 1.54) is 6.92 Å². The number of nitrogens with zero attached hydrogens (tertiary/aromatic N) is 6. The molecule has 3 heterocycles. The maximum absolute atomic E-state index is 12.4. The Morgan fingerprint density at radius 2 is 2.35 bits per heavy atom. The zero-order valence-corrected chi connectivity index (χ0v) is 11.8. The molecule has 11 nitrogen and oxygen atoms in total. The van der Waals surface area contributed by atoms with E-state index in [1.807, 2.05) is 0 Å². The van der Waals surface area contributed by atoms with E-state index in [2.05, 4.69) is 15.4 Å². The summed E-state index contributed by atoms with van der Waals surface area (Å²) in [6.07, 6.45) is 1.75. The van der Waals surface area contributed by atoms with Crippen molar-refractivity contribution in [1.29, 1.82) is 5.26 Å². The van der Waals surface area contributed by atoms with Gasteiger partial charge in [-0.05, 0) is 0 Å². The van der Waals surface area contributed by atoms with Crippen molar-refractivity contribution in [2.24, 2.45) is 0 Å². The molecule has 1 saturated heterocycles. The minimum atomic E-state index is -0.875. The number of nitriles is 1. The number of rotatable bonds is 3. The highest BCUT2D eigenvalue weighted by Gasteiger charge is 2.31. The second-order valence-electron chi connectivity index (χ2n) is 4.64. The number of ether oxygens (including phenoxy) is 2. The SMILES string of the molecule is CC(=O)OCC1[CH][CH]C(n2nnc3c(C#N)nn(O)c3c2=O)O1. The fourth-order valence-electron chi connectivity index (χ4n) is 2.09. The van der Waals surface area contributed by atoms with Gasteiger partial charge in [-0.1, -0.05) is 10.1 Å². The van der Waals surface area contributed by atoms with Crippen molar-refractivity contribution < 1.29 is 19.5 Å². The minimum Gasteiger partial charge on any atom is -0.463 e. The number of carbonyl (C=O) groups is 1. The molecule has 0 spiro atoms. The lowest BCUT2D eigenvalue weighted by molar-refractivity contribution is -0.145. The zero-order chi connectivity index (χ0) is 16.6. The van der Waals surface area contributed by atoms with E-state index in [-0.39, 0.29) is 28.2 Å². The third-order valence-corrected chi connectivity index (χ3v) is 3.10. The highest BCUT2D eigenvalue weighted by molar-refractivity contribution is 5.78. The van der Waals surface area contributed by atoms with Crippen LogP contribution in [-0.4, -0.2) is 48.8 Å². The summed E-state index contributed by atoms with van der Waals surface area (Å²) >= 11 is 0. The number of hydrogen-bond donors (Lipinski definition) is 1. The summed E-state index contributed by atoms with van der Waals surface area (Å²) < 4.78 is 11.2. The van der Waals surface area contributed by atoms with Crippen LogP contribution in [0.4, 0.5) is 0 Å². The van der Waals surface area contributed by atoms with Crippen LogP contribution in [0.5, 0.6) is 0 Å². The van der Waals surface area contributed by atoms with E-state index in [0.29, 0.717) is 0 Å². The Labute approximate surface area is 128 Å². The topological polar surface area (TPSA) is 145 Å². The Morgan fingerprint density at radius 1 is 1.57 bits per heavy atom. The lowest BCUT2D eigenvalue weighted by atomic mass is 10.2. The average molecular weight is 318 g/mol. The lowest BCUT2D eigenvalue weighted by Gasteiger charge is -2.13. The van der Waals surface area contributed by atoms with Crippen LogP contribution in [0.1, 0.15) is 18.8 Å². The Bertz CT molecular complexity index is 865. The first-order valence-corrected chi connectivity index (χ1v) is 6.46. The molecule has 11 heteroatoms. The predicted molar refractivity (Wildman–Crippen MR) is 70.6 cm³/mol. The van der Waals surface area contributed by atoms with Gasteiger partial charge in [0.2, 0.25) is 0 Å². The first-order valence-electron chi connectivity index (χ1n) is 6.46. The Balaban J connectivity index is 1.89. The van der Waals surface area contributed by atoms with Crippen molar-refractivity contribution in [2.75, 3.05) is 6.61 Å². The van der Waals surface area contributed by atoms with Crippen molar-refractivity contribution in [3.05, 3.63) is 28.9 Å². The monoisotopic (exact) mass is 318 g/mol. The highest BCUT2D eigenvalue weighted by Crippen LogP contribution is 2.25. The fourth-order valence-corrected chi connectivity index (χ4v) is 2.09. The molecule has 0 aliphatic carbocycles. The van der Waals surface area contributed by atoms with E-state index in [4.69, 9.17) is 14.7 Å². The van der Waals surface area contributed by atoms with Gasteiger partial charge >= 0.3 is 11.5 Å². The van der Waals surface area contributed by atoms with Crippen LogP contribution in [-0.2, 0) is 14.3 Å². The number of hydrogen-bond acceptors (Lipinski definition) is 9. The number of esters is 1. The van der Waals surface area contributed by atoms with Gasteiger partial charge in [0.15, 0.2) is 23.0 Å². The molecule has 0 saturated carbocycles. The number of fused-ring (bicyclic) bond motifs is 1. The molecule has 3 rings (SSSR count). The Hall–Kier alpha value is -3.00. The molecule has 1 N–H and O–H groups in total. The highest BCUT2D eigenvalue weighted by atomic mass is 16.6. The molecule has 0 bridgehead atoms. The molecule has 2 unspecified atom stereocenters. The van der Waals surface area contributed by atoms with Crippen molar-refractivity contribution in [1.82, 2.24) is 24.9 Å². The van der Waals surface area contributed by atoms with Gasteiger partial charge < -0.3 is 14.7 Å². The summed E-state index contributed by atoms with van der Waals surface area (Å²) in [4.78, 5) is 23.4. The largest absolute Gasteiger partial charge is 0.463 e. The molecule has 2 atom stereocenters. The van der Waals surface area contributed by atoms with Crippen LogP contribution in [0, 0.1) is 24.2 Å². The molecule has 1 fully saturated rings. The maximum Gasteiger partial charge on any atom is 0.302 e. The lowest BCUT2D eigenvalue weighted by Crippen LogP contribution is -2.30. The van der Waals surface area contributed by atoms with Gasteiger partial charge in [0.05, 0.1) is 6.10 Å². The van der Waals surface area contributed by atoms with E-state index < -0.39 is 23.9 Å². The summed E-state index contributed by atoms with van der Waals surface area (Å²) in [7, 11) is 0. The second kappa shape index (κ2) is 5.65. The van der Waals surface area contributed by atoms with E-state index in [1.54, 1.807) is 18.9 Å². The predicted octanol–water partition coefficient (Wildman–Crippen LogP) is -1.03. The fraction of sp³-hybridized carbons (Fsp3) is 0.333. The molecule has 118 valence electrons. The molecule has 1 aliphatic heterocycles. The molecule has 2 aromatic heterocycles. The number of aromatic nitrogens is 5. The van der Waals surface area contributed by atoms with Crippen LogP contribution in [0.25, 0.3) is 11.0 Å². The third kappa shape index (κ3) is 2.59. The summed E-state index contributed by atoms with van der Waals surface area (Å²) in [6.45, 7) is 1.28. The van der Waals surface area contributed by atoms with Gasteiger partial charge in [-0.2, -0.15) is 9.94 Å². The van der Waals surface area contributed by atoms with Crippen molar-refractivity contribution in [3.63, 3.8) is 0 Å². The van der Waals surface area contributed by atoms with Crippen LogP contribution in [0.3, 0.4) is 0 Å². The summed E-state index contributed by atoms with van der Waals surface area (Å²) in [5, 5.41) is 29.4. The zero-order valence-electron chi connectivity index (χ0n) is 11.8. The average Bonchev–Trinajstić information content (AvgIpc) is 3.10. The Morgan fingerprint density at radius 3 is 3.04 bits per heavy atom. The van der Waals surface area contributed by atoms with E-state index in [0.717, 1.165) is 4.68 Å². The van der Waals surface area contributed by atoms with Crippen LogP contribution in [0.2, 0.25) is 0 Å². The quantitative estimate of drug-likeness (QED) is 0.554. The van der Waals surface area contributed by atoms with Crippen LogP contribution in [0.15, 0.2) is 4.79 Å². The molecular weight excluding hydrogens is 308 g/mol. The van der Waals surface area contributed by atoms with Gasteiger partial charge in [-0.3, -0.25) is 9.59 Å². The standard InChI is InChI=1S/C12H10N6O5/c1-6(19)22-5-7-2-3-9(23-7)17-12(20)11-10(14-16-17)8(4-13)15-18(11)21/h2-3,7,9,21H,5H2,1H3. The molecule has 23 heavy (non-hydrogen) atoms. The maximum atomic E-state index is 12.4. The molecule has 0 aromatic carbocycles. The molecule has 0 amide bonds. The molecule has 2 radical (unpaired) electrons. The summed E-state index contributed by atoms with van der Waals surface area (Å²) in [6, 6.07) is 1.71. The minimum absolute atomic E-state index is 0.00324. The van der Waals surface area contributed by atoms with E-state index in [9.17, 15) is 14.8 Å². The smallest absolute Gasteiger partial charge is 0.302 e. The molecule has 1 aliphatic rings. The van der Waals surface area contributed by atoms with Crippen molar-refractivity contribution in [3.8, 4) is 6.07 Å². The summed E-state index contributed by atoms with van der Waals surface area (Å²) in [5.41, 5.74) is -1.32. The van der Waals surface area contributed by atoms with Gasteiger partial charge in [0, 0.05) is 19.8 Å². The van der Waals surface area contributed by atoms with Gasteiger partial charge in [-0.15, -0.1) is 10.2 Å². The molecule has 2 aromatic rings. The third-order valence-electron chi connectivity index (χ3n) is 3.10. The second-order valence-corrected chi connectivity index (χ2v) is 4.64. The van der Waals surface area contributed by atoms with Gasteiger partial charge in [0.1, 0.15) is 12.7 Å².